The number of amides is 1. The molecule has 0 aliphatic carbocycles. The minimum Gasteiger partial charge on any atom is -0.508 e. The molecule has 1 amide bonds. The summed E-state index contributed by atoms with van der Waals surface area (Å²) in [6.45, 7) is 2.33. The van der Waals surface area contributed by atoms with Crippen LogP contribution in [0.5, 0.6) is 11.5 Å². The molecule has 1 heterocycles. The van der Waals surface area contributed by atoms with Crippen LogP contribution in [0, 0.1) is 0 Å². The molecule has 3 aromatic rings. The van der Waals surface area contributed by atoms with E-state index in [9.17, 15) is 20.1 Å². The van der Waals surface area contributed by atoms with Crippen molar-refractivity contribution < 1.29 is 24.9 Å². The molecule has 37 heavy (non-hydrogen) atoms. The van der Waals surface area contributed by atoms with Gasteiger partial charge in [-0.15, -0.1) is 0 Å². The standard InChI is InChI=1S/C29H35N3O5/c33-20-23-18-22(6-13-27(23)34)28(35)19-30-15-14-21-4-7-24(8-5-21)31-25-9-11-26(12-10-25)37-29(36)32-16-2-1-3-17-32/h4-13,18,28,30-31,33-35H,1-3,14-17,19-20H2. The number of hydrogen-bond acceptors (Lipinski definition) is 7. The maximum atomic E-state index is 12.3. The molecule has 4 rings (SSSR count). The third-order valence-electron chi connectivity index (χ3n) is 6.50. The monoisotopic (exact) mass is 505 g/mol. The first-order chi connectivity index (χ1) is 18.0. The SMILES string of the molecule is O=C(Oc1ccc(Nc2ccc(CCNCC(O)c3ccc(O)c(CO)c3)cc2)cc1)N1CCCCC1. The van der Waals surface area contributed by atoms with Gasteiger partial charge in [0, 0.05) is 36.6 Å². The Morgan fingerprint density at radius 1 is 0.946 bits per heavy atom. The number of carbonyl (C=O) groups excluding carboxylic acids is 1. The van der Waals surface area contributed by atoms with E-state index < -0.39 is 6.10 Å². The van der Waals surface area contributed by atoms with E-state index in [0.717, 1.165) is 43.7 Å². The Hall–Kier alpha value is -3.59. The number of phenols is 1. The first-order valence-corrected chi connectivity index (χ1v) is 12.8. The van der Waals surface area contributed by atoms with Crippen molar-refractivity contribution in [2.75, 3.05) is 31.5 Å². The zero-order valence-electron chi connectivity index (χ0n) is 20.9. The van der Waals surface area contributed by atoms with Crippen molar-refractivity contribution >= 4 is 17.5 Å². The van der Waals surface area contributed by atoms with Gasteiger partial charge in [0.15, 0.2) is 0 Å². The lowest BCUT2D eigenvalue weighted by Crippen LogP contribution is -2.37. The van der Waals surface area contributed by atoms with Gasteiger partial charge in [-0.2, -0.15) is 0 Å². The fourth-order valence-electron chi connectivity index (χ4n) is 4.30. The Morgan fingerprint density at radius 2 is 1.62 bits per heavy atom. The van der Waals surface area contributed by atoms with Gasteiger partial charge in [0.1, 0.15) is 11.5 Å². The highest BCUT2D eigenvalue weighted by Gasteiger charge is 2.18. The van der Waals surface area contributed by atoms with Gasteiger partial charge in [0.05, 0.1) is 12.7 Å². The summed E-state index contributed by atoms with van der Waals surface area (Å²) in [5.41, 5.74) is 4.08. The predicted molar refractivity (Wildman–Crippen MR) is 143 cm³/mol. The van der Waals surface area contributed by atoms with Crippen molar-refractivity contribution in [2.45, 2.75) is 38.4 Å². The molecular weight excluding hydrogens is 470 g/mol. The van der Waals surface area contributed by atoms with Crippen molar-refractivity contribution in [1.82, 2.24) is 10.2 Å². The molecule has 1 fully saturated rings. The molecule has 8 nitrogen and oxygen atoms in total. The lowest BCUT2D eigenvalue weighted by Gasteiger charge is -2.25. The first kappa shape index (κ1) is 26.5. The van der Waals surface area contributed by atoms with Gasteiger partial charge in [-0.25, -0.2) is 4.79 Å². The average molecular weight is 506 g/mol. The minimum atomic E-state index is -0.725. The number of piperidine rings is 1. The molecule has 3 aromatic carbocycles. The number of aliphatic hydroxyl groups is 2. The van der Waals surface area contributed by atoms with E-state index in [2.05, 4.69) is 22.8 Å². The third-order valence-corrected chi connectivity index (χ3v) is 6.50. The van der Waals surface area contributed by atoms with Gasteiger partial charge in [-0.3, -0.25) is 0 Å². The molecule has 0 bridgehead atoms. The van der Waals surface area contributed by atoms with Crippen molar-refractivity contribution in [3.05, 3.63) is 83.4 Å². The zero-order valence-corrected chi connectivity index (χ0v) is 20.9. The second kappa shape index (κ2) is 13.1. The minimum absolute atomic E-state index is 0.0232. The van der Waals surface area contributed by atoms with Crippen LogP contribution >= 0.6 is 0 Å². The Balaban J connectivity index is 1.19. The van der Waals surface area contributed by atoms with Crippen LogP contribution in [0.1, 0.15) is 42.1 Å². The second-order valence-corrected chi connectivity index (χ2v) is 9.28. The molecule has 0 radical (unpaired) electrons. The topological polar surface area (TPSA) is 114 Å². The van der Waals surface area contributed by atoms with Gasteiger partial charge in [0.2, 0.25) is 0 Å². The Labute approximate surface area is 217 Å². The summed E-state index contributed by atoms with van der Waals surface area (Å²) in [6.07, 6.45) is 3.03. The molecule has 0 spiro atoms. The fourth-order valence-corrected chi connectivity index (χ4v) is 4.30. The van der Waals surface area contributed by atoms with Crippen LogP contribution in [0.4, 0.5) is 16.2 Å². The number of hydrogen-bond donors (Lipinski definition) is 5. The summed E-state index contributed by atoms with van der Waals surface area (Å²) in [5.74, 6) is 0.559. The van der Waals surface area contributed by atoms with Gasteiger partial charge in [-0.1, -0.05) is 18.2 Å². The number of aliphatic hydroxyl groups excluding tert-OH is 2. The number of benzene rings is 3. The molecule has 8 heteroatoms. The number of carbonyl (C=O) groups is 1. The average Bonchev–Trinajstić information content (AvgIpc) is 2.93. The number of nitrogens with zero attached hydrogens (tertiary/aromatic N) is 1. The van der Waals surface area contributed by atoms with E-state index in [1.807, 2.05) is 24.3 Å². The van der Waals surface area contributed by atoms with Crippen LogP contribution in [0.25, 0.3) is 0 Å². The summed E-state index contributed by atoms with van der Waals surface area (Å²) < 4.78 is 5.49. The molecule has 196 valence electrons. The molecule has 0 saturated carbocycles. The van der Waals surface area contributed by atoms with E-state index in [-0.39, 0.29) is 18.4 Å². The van der Waals surface area contributed by atoms with E-state index in [1.54, 1.807) is 29.2 Å². The molecule has 0 aromatic heterocycles. The van der Waals surface area contributed by atoms with E-state index in [0.29, 0.717) is 30.0 Å². The third kappa shape index (κ3) is 7.69. The quantitative estimate of drug-likeness (QED) is 0.258. The number of rotatable bonds is 10. The number of aromatic hydroxyl groups is 1. The number of likely N-dealkylation sites (tertiary alicyclic amines) is 1. The van der Waals surface area contributed by atoms with Crippen LogP contribution in [0.2, 0.25) is 0 Å². The van der Waals surface area contributed by atoms with E-state index in [1.165, 1.54) is 18.1 Å². The highest BCUT2D eigenvalue weighted by Crippen LogP contribution is 2.23. The predicted octanol–water partition coefficient (Wildman–Crippen LogP) is 4.48. The Kier molecular flexibility index (Phi) is 9.37. The van der Waals surface area contributed by atoms with Crippen LogP contribution in [-0.2, 0) is 13.0 Å². The highest BCUT2D eigenvalue weighted by atomic mass is 16.6. The maximum Gasteiger partial charge on any atom is 0.415 e. The first-order valence-electron chi connectivity index (χ1n) is 12.8. The largest absolute Gasteiger partial charge is 0.508 e. The lowest BCUT2D eigenvalue weighted by molar-refractivity contribution is 0.142. The molecule has 1 aliphatic rings. The second-order valence-electron chi connectivity index (χ2n) is 9.28. The summed E-state index contributed by atoms with van der Waals surface area (Å²) in [4.78, 5) is 14.0. The maximum absolute atomic E-state index is 12.3. The molecule has 1 aliphatic heterocycles. The smallest absolute Gasteiger partial charge is 0.415 e. The van der Waals surface area contributed by atoms with E-state index in [4.69, 9.17) is 4.74 Å². The molecule has 5 N–H and O–H groups in total. The summed E-state index contributed by atoms with van der Waals surface area (Å²) in [6, 6.07) is 20.3. The van der Waals surface area contributed by atoms with E-state index >= 15 is 0 Å². The summed E-state index contributed by atoms with van der Waals surface area (Å²) in [5, 5.41) is 35.9. The number of ether oxygens (including phenoxy) is 1. The van der Waals surface area contributed by atoms with Crippen LogP contribution in [0.15, 0.2) is 66.7 Å². The van der Waals surface area contributed by atoms with Crippen molar-refractivity contribution in [2.24, 2.45) is 0 Å². The van der Waals surface area contributed by atoms with Gasteiger partial charge < -0.3 is 35.6 Å². The molecular formula is C29H35N3O5. The summed E-state index contributed by atoms with van der Waals surface area (Å²) in [7, 11) is 0. The van der Waals surface area contributed by atoms with Crippen molar-refractivity contribution in [3.63, 3.8) is 0 Å². The van der Waals surface area contributed by atoms with Gasteiger partial charge in [-0.05, 0) is 91.9 Å². The Bertz CT molecular complexity index is 1150. The van der Waals surface area contributed by atoms with Crippen LogP contribution < -0.4 is 15.4 Å². The Morgan fingerprint density at radius 3 is 2.30 bits per heavy atom. The fraction of sp³-hybridized carbons (Fsp3) is 0.345. The molecule has 1 atom stereocenters. The number of nitrogens with one attached hydrogen (secondary N) is 2. The van der Waals surface area contributed by atoms with Crippen LogP contribution in [-0.4, -0.2) is 52.5 Å². The van der Waals surface area contributed by atoms with Crippen molar-refractivity contribution in [1.29, 1.82) is 0 Å². The van der Waals surface area contributed by atoms with Gasteiger partial charge >= 0.3 is 6.09 Å². The van der Waals surface area contributed by atoms with Gasteiger partial charge in [0.25, 0.3) is 0 Å². The van der Waals surface area contributed by atoms with Crippen LogP contribution in [0.3, 0.4) is 0 Å². The lowest BCUT2D eigenvalue weighted by atomic mass is 10.1. The number of anilines is 2. The summed E-state index contributed by atoms with van der Waals surface area (Å²) >= 11 is 0. The molecule has 1 unspecified atom stereocenters. The normalized spacial score (nSPS) is 14.3. The van der Waals surface area contributed by atoms with Crippen molar-refractivity contribution in [3.8, 4) is 11.5 Å². The highest BCUT2D eigenvalue weighted by molar-refractivity contribution is 5.71. The zero-order chi connectivity index (χ0) is 26.0. The molecule has 1 saturated heterocycles.